The van der Waals surface area contributed by atoms with Crippen molar-refractivity contribution < 1.29 is 28.6 Å². The lowest BCUT2D eigenvalue weighted by Gasteiger charge is -2.14. The van der Waals surface area contributed by atoms with Crippen LogP contribution in [0.15, 0.2) is 24.3 Å². The number of hydrogen-bond donors (Lipinski definition) is 1. The third-order valence-corrected chi connectivity index (χ3v) is 5.22. The number of hydrogen-bond acceptors (Lipinski definition) is 8. The summed E-state index contributed by atoms with van der Waals surface area (Å²) in [7, 11) is 1.26. The van der Waals surface area contributed by atoms with Gasteiger partial charge in [0.15, 0.2) is 0 Å². The normalized spacial score (nSPS) is 15.3. The number of methoxy groups -OCH3 is 1. The minimum atomic E-state index is -0.760. The van der Waals surface area contributed by atoms with Gasteiger partial charge in [0.05, 0.1) is 24.3 Å². The fourth-order valence-electron chi connectivity index (χ4n) is 2.80. The van der Waals surface area contributed by atoms with E-state index in [9.17, 15) is 14.4 Å². The first-order valence-corrected chi connectivity index (χ1v) is 9.14. The maximum absolute atomic E-state index is 12.4. The number of cyclic esters (lactones) is 1. The third kappa shape index (κ3) is 3.52. The second-order valence-corrected chi connectivity index (χ2v) is 7.24. The molecule has 0 saturated carbocycles. The average Bonchev–Trinajstić information content (AvgIpc) is 3.12. The van der Waals surface area contributed by atoms with E-state index in [1.807, 2.05) is 0 Å². The monoisotopic (exact) mass is 389 g/mol. The predicted octanol–water partition coefficient (Wildman–Crippen LogP) is 3.69. The molecule has 1 aliphatic rings. The van der Waals surface area contributed by atoms with Gasteiger partial charge in [0.25, 0.3) is 0 Å². The number of carbonyl (C=O) groups excluding carboxylic acids is 3. The van der Waals surface area contributed by atoms with Gasteiger partial charge in [-0.15, -0.1) is 11.3 Å². The van der Waals surface area contributed by atoms with Crippen LogP contribution in [0.2, 0.25) is 0 Å². The smallest absolute Gasteiger partial charge is 0.348 e. The van der Waals surface area contributed by atoms with E-state index in [0.29, 0.717) is 26.6 Å². The van der Waals surface area contributed by atoms with Crippen LogP contribution < -0.4 is 5.32 Å². The highest BCUT2D eigenvalue weighted by atomic mass is 32.1. The summed E-state index contributed by atoms with van der Waals surface area (Å²) in [6.45, 7) is 5.14. The van der Waals surface area contributed by atoms with Crippen molar-refractivity contribution in [3.8, 4) is 0 Å². The molecule has 27 heavy (non-hydrogen) atoms. The van der Waals surface area contributed by atoms with E-state index < -0.39 is 24.1 Å². The van der Waals surface area contributed by atoms with E-state index in [0.717, 1.165) is 11.3 Å². The van der Waals surface area contributed by atoms with Crippen LogP contribution in [0.4, 0.5) is 5.00 Å². The van der Waals surface area contributed by atoms with Crippen LogP contribution in [0, 0.1) is 6.92 Å². The van der Waals surface area contributed by atoms with E-state index in [1.54, 1.807) is 45.0 Å². The zero-order chi connectivity index (χ0) is 19.7. The van der Waals surface area contributed by atoms with Crippen LogP contribution in [0.25, 0.3) is 0 Å². The predicted molar refractivity (Wildman–Crippen MR) is 99.2 cm³/mol. The van der Waals surface area contributed by atoms with Gasteiger partial charge in [-0.25, -0.2) is 14.4 Å². The van der Waals surface area contributed by atoms with Crippen molar-refractivity contribution in [3.63, 3.8) is 0 Å². The highest BCUT2D eigenvalue weighted by molar-refractivity contribution is 7.18. The van der Waals surface area contributed by atoms with E-state index in [1.165, 1.54) is 7.11 Å². The molecule has 1 N–H and O–H groups in total. The molecule has 0 spiro atoms. The first-order chi connectivity index (χ1) is 12.8. The summed E-state index contributed by atoms with van der Waals surface area (Å²) in [5.41, 5.74) is 1.80. The topological polar surface area (TPSA) is 90.9 Å². The fraction of sp³-hybridized carbons (Fsp3) is 0.316. The summed E-state index contributed by atoms with van der Waals surface area (Å²) in [6, 6.07) is 6.98. The zero-order valence-corrected chi connectivity index (χ0v) is 16.1. The van der Waals surface area contributed by atoms with E-state index in [4.69, 9.17) is 14.2 Å². The number of ether oxygens (including phenoxy) is 3. The van der Waals surface area contributed by atoms with Crippen LogP contribution in [0.5, 0.6) is 0 Å². The second kappa shape index (κ2) is 7.40. The number of nitrogens with one attached hydrogen (secondary N) is 1. The summed E-state index contributed by atoms with van der Waals surface area (Å²) in [5.74, 6) is -1.56. The van der Waals surface area contributed by atoms with E-state index >= 15 is 0 Å². The van der Waals surface area contributed by atoms with Crippen molar-refractivity contribution >= 4 is 34.2 Å². The van der Waals surface area contributed by atoms with Gasteiger partial charge in [-0.3, -0.25) is 0 Å². The molecular formula is C19H19NO6S. The number of rotatable bonds is 5. The van der Waals surface area contributed by atoms with Crippen molar-refractivity contribution in [2.45, 2.75) is 33.1 Å². The summed E-state index contributed by atoms with van der Waals surface area (Å²) in [5, 5.41) is 3.43. The number of thiophene rings is 1. The Bertz CT molecular complexity index is 917. The van der Waals surface area contributed by atoms with Crippen molar-refractivity contribution in [1.82, 2.24) is 0 Å². The van der Waals surface area contributed by atoms with Gasteiger partial charge in [-0.1, -0.05) is 18.2 Å². The Balaban J connectivity index is 1.99. The van der Waals surface area contributed by atoms with Gasteiger partial charge in [-0.05, 0) is 32.4 Å². The Labute approximate surface area is 160 Å². The fourth-order valence-corrected chi connectivity index (χ4v) is 3.89. The second-order valence-electron chi connectivity index (χ2n) is 6.22. The minimum Gasteiger partial charge on any atom is -0.465 e. The average molecular weight is 389 g/mol. The summed E-state index contributed by atoms with van der Waals surface area (Å²) < 4.78 is 15.5. The van der Waals surface area contributed by atoms with Gasteiger partial charge in [0, 0.05) is 5.56 Å². The molecule has 142 valence electrons. The molecule has 0 saturated heterocycles. The molecule has 3 rings (SSSR count). The highest BCUT2D eigenvalue weighted by Gasteiger charge is 2.34. The SMILES string of the molecule is COC(=O)c1c(NC2OC(=O)c3ccccc32)sc(C(=O)OC(C)C)c1C. The van der Waals surface area contributed by atoms with Crippen molar-refractivity contribution in [3.05, 3.63) is 51.4 Å². The number of esters is 3. The standard InChI is InChI=1S/C19H19NO6S/c1-9(2)25-19(23)14-10(3)13(18(22)24-4)16(27-14)20-15-11-7-5-6-8-12(11)17(21)26-15/h5-9,15,20H,1-4H3. The molecule has 8 heteroatoms. The number of carbonyl (C=O) groups is 3. The maximum atomic E-state index is 12.4. The molecule has 0 aliphatic carbocycles. The molecule has 1 aromatic carbocycles. The summed E-state index contributed by atoms with van der Waals surface area (Å²) >= 11 is 1.06. The Morgan fingerprint density at radius 1 is 1.22 bits per heavy atom. The lowest BCUT2D eigenvalue weighted by atomic mass is 10.1. The Kier molecular flexibility index (Phi) is 5.18. The quantitative estimate of drug-likeness (QED) is 0.616. The largest absolute Gasteiger partial charge is 0.465 e. The van der Waals surface area contributed by atoms with Gasteiger partial charge < -0.3 is 19.5 Å². The molecule has 0 radical (unpaired) electrons. The minimum absolute atomic E-state index is 0.221. The van der Waals surface area contributed by atoms with Crippen LogP contribution in [-0.2, 0) is 14.2 Å². The first kappa shape index (κ1) is 18.9. The first-order valence-electron chi connectivity index (χ1n) is 8.32. The van der Waals surface area contributed by atoms with Gasteiger partial charge in [-0.2, -0.15) is 0 Å². The molecule has 2 aromatic rings. The van der Waals surface area contributed by atoms with Crippen LogP contribution in [0.3, 0.4) is 0 Å². The molecule has 1 aromatic heterocycles. The number of benzene rings is 1. The molecule has 7 nitrogen and oxygen atoms in total. The molecular weight excluding hydrogens is 370 g/mol. The lowest BCUT2D eigenvalue weighted by Crippen LogP contribution is -2.13. The van der Waals surface area contributed by atoms with Gasteiger partial charge in [0.1, 0.15) is 9.88 Å². The molecule has 0 amide bonds. The molecule has 1 unspecified atom stereocenters. The van der Waals surface area contributed by atoms with Crippen molar-refractivity contribution in [2.75, 3.05) is 12.4 Å². The Hall–Kier alpha value is -2.87. The molecule has 1 atom stereocenters. The van der Waals surface area contributed by atoms with Gasteiger partial charge >= 0.3 is 17.9 Å². The highest BCUT2D eigenvalue weighted by Crippen LogP contribution is 2.39. The summed E-state index contributed by atoms with van der Waals surface area (Å²) in [4.78, 5) is 37.0. The van der Waals surface area contributed by atoms with Crippen molar-refractivity contribution in [1.29, 1.82) is 0 Å². The van der Waals surface area contributed by atoms with Crippen LogP contribution >= 0.6 is 11.3 Å². The van der Waals surface area contributed by atoms with E-state index in [2.05, 4.69) is 5.32 Å². The molecule has 0 fully saturated rings. The van der Waals surface area contributed by atoms with Crippen LogP contribution in [0.1, 0.15) is 61.6 Å². The maximum Gasteiger partial charge on any atom is 0.348 e. The van der Waals surface area contributed by atoms with E-state index in [-0.39, 0.29) is 11.7 Å². The van der Waals surface area contributed by atoms with Crippen molar-refractivity contribution in [2.24, 2.45) is 0 Å². The zero-order valence-electron chi connectivity index (χ0n) is 15.3. The van der Waals surface area contributed by atoms with Gasteiger partial charge in [0.2, 0.25) is 6.23 Å². The molecule has 2 heterocycles. The third-order valence-electron chi connectivity index (χ3n) is 4.01. The molecule has 1 aliphatic heterocycles. The Morgan fingerprint density at radius 2 is 1.93 bits per heavy atom. The summed E-state index contributed by atoms with van der Waals surface area (Å²) in [6.07, 6.45) is -1.05. The lowest BCUT2D eigenvalue weighted by molar-refractivity contribution is 0.0381. The molecule has 0 bridgehead atoms. The number of anilines is 1. The van der Waals surface area contributed by atoms with Crippen LogP contribution in [-0.4, -0.2) is 31.1 Å². The number of fused-ring (bicyclic) bond motifs is 1. The Morgan fingerprint density at radius 3 is 2.59 bits per heavy atom.